The van der Waals surface area contributed by atoms with Gasteiger partial charge in [-0.05, 0) is 69.0 Å². The minimum absolute atomic E-state index is 0.274. The Labute approximate surface area is 159 Å². The first-order valence-electron chi connectivity index (χ1n) is 9.60. The third kappa shape index (κ3) is 4.34. The maximum atomic E-state index is 10.2. The van der Waals surface area contributed by atoms with Crippen LogP contribution in [-0.4, -0.2) is 37.4 Å². The Morgan fingerprint density at radius 3 is 2.89 bits per heavy atom. The summed E-state index contributed by atoms with van der Waals surface area (Å²) >= 11 is 0. The zero-order chi connectivity index (χ0) is 18.6. The average Bonchev–Trinajstić information content (AvgIpc) is 3.21. The second-order valence-corrected chi connectivity index (χ2v) is 7.18. The van der Waals surface area contributed by atoms with E-state index in [1.807, 2.05) is 31.3 Å². The van der Waals surface area contributed by atoms with Crippen molar-refractivity contribution in [2.45, 2.75) is 45.1 Å². The van der Waals surface area contributed by atoms with Gasteiger partial charge in [-0.2, -0.15) is 5.10 Å². The number of phenols is 1. The normalized spacial score (nSPS) is 17.1. The maximum absolute atomic E-state index is 10.2. The summed E-state index contributed by atoms with van der Waals surface area (Å²) in [7, 11) is 0. The summed E-state index contributed by atoms with van der Waals surface area (Å²) in [5, 5.41) is 18.1. The Morgan fingerprint density at radius 1 is 1.19 bits per heavy atom. The lowest BCUT2D eigenvalue weighted by molar-refractivity contribution is 0.382. The predicted octanol–water partition coefficient (Wildman–Crippen LogP) is 3.42. The lowest BCUT2D eigenvalue weighted by Gasteiger charge is -2.23. The quantitative estimate of drug-likeness (QED) is 0.726. The van der Waals surface area contributed by atoms with Gasteiger partial charge in [0.15, 0.2) is 5.82 Å². The van der Waals surface area contributed by atoms with Crippen LogP contribution in [0.15, 0.2) is 42.7 Å². The van der Waals surface area contributed by atoms with Gasteiger partial charge in [-0.25, -0.2) is 14.6 Å². The highest BCUT2D eigenvalue weighted by Gasteiger charge is 2.13. The highest BCUT2D eigenvalue weighted by molar-refractivity contribution is 5.64. The van der Waals surface area contributed by atoms with Crippen LogP contribution in [0.2, 0.25) is 0 Å². The van der Waals surface area contributed by atoms with Gasteiger partial charge in [0.2, 0.25) is 0 Å². The van der Waals surface area contributed by atoms with Crippen LogP contribution >= 0.6 is 0 Å². The molecule has 6 nitrogen and oxygen atoms in total. The number of nitrogens with zero attached hydrogens (tertiary/aromatic N) is 4. The van der Waals surface area contributed by atoms with Crippen molar-refractivity contribution in [1.82, 2.24) is 25.1 Å². The molecule has 1 aliphatic rings. The largest absolute Gasteiger partial charge is 0.508 e. The van der Waals surface area contributed by atoms with E-state index in [9.17, 15) is 5.11 Å². The van der Waals surface area contributed by atoms with E-state index in [1.54, 1.807) is 16.9 Å². The second-order valence-electron chi connectivity index (χ2n) is 7.18. The molecule has 3 aromatic rings. The fraction of sp³-hybridized carbons (Fsp3) is 0.381. The summed E-state index contributed by atoms with van der Waals surface area (Å²) in [6, 6.07) is 10.1. The molecule has 0 aliphatic carbocycles. The lowest BCUT2D eigenvalue weighted by atomic mass is 9.96. The Kier molecular flexibility index (Phi) is 5.16. The molecule has 6 heteroatoms. The van der Waals surface area contributed by atoms with Gasteiger partial charge in [0.05, 0.1) is 5.69 Å². The van der Waals surface area contributed by atoms with Crippen LogP contribution in [-0.2, 0) is 6.42 Å². The summed E-state index contributed by atoms with van der Waals surface area (Å²) in [5.74, 6) is 1.67. The van der Waals surface area contributed by atoms with Crippen LogP contribution < -0.4 is 5.32 Å². The van der Waals surface area contributed by atoms with Crippen LogP contribution in [0.4, 0.5) is 0 Å². The molecule has 4 rings (SSSR count). The van der Waals surface area contributed by atoms with Crippen molar-refractivity contribution in [2.75, 3.05) is 6.54 Å². The molecule has 0 bridgehead atoms. The minimum atomic E-state index is 0.274. The molecular weight excluding hydrogens is 338 g/mol. The smallest absolute Gasteiger partial charge is 0.157 e. The maximum Gasteiger partial charge on any atom is 0.157 e. The lowest BCUT2D eigenvalue weighted by Crippen LogP contribution is -2.34. The van der Waals surface area contributed by atoms with Crippen molar-refractivity contribution in [1.29, 1.82) is 0 Å². The highest BCUT2D eigenvalue weighted by atomic mass is 16.3. The summed E-state index contributed by atoms with van der Waals surface area (Å²) in [6.07, 6.45) is 9.43. The molecule has 140 valence electrons. The van der Waals surface area contributed by atoms with Gasteiger partial charge in [-0.3, -0.25) is 0 Å². The van der Waals surface area contributed by atoms with E-state index >= 15 is 0 Å². The molecule has 2 N–H and O–H groups in total. The summed E-state index contributed by atoms with van der Waals surface area (Å²) in [5.41, 5.74) is 2.83. The van der Waals surface area contributed by atoms with E-state index in [4.69, 9.17) is 0 Å². The van der Waals surface area contributed by atoms with Crippen molar-refractivity contribution in [3.05, 3.63) is 54.1 Å². The number of piperidine rings is 1. The van der Waals surface area contributed by atoms with Crippen LogP contribution in [0.25, 0.3) is 17.1 Å². The van der Waals surface area contributed by atoms with Gasteiger partial charge in [-0.15, -0.1) is 0 Å². The molecule has 0 unspecified atom stereocenters. The molecular formula is C21H25N5O. The van der Waals surface area contributed by atoms with Gasteiger partial charge in [0, 0.05) is 30.1 Å². The minimum Gasteiger partial charge on any atom is -0.508 e. The standard InChI is InChI=1S/C21H25N5O/c1-15-24-20(14-21(25-15)26-10-4-9-23-26)17-11-16(12-19(27)13-17)6-7-18-5-2-3-8-22-18/h4,9-14,18,22,27H,2-3,5-8H2,1H3/t18-/m1/s1. The van der Waals surface area contributed by atoms with Gasteiger partial charge >= 0.3 is 0 Å². The Morgan fingerprint density at radius 2 is 2.11 bits per heavy atom. The number of aryl methyl sites for hydroxylation is 2. The third-order valence-corrected chi connectivity index (χ3v) is 5.03. The number of benzene rings is 1. The fourth-order valence-corrected chi connectivity index (χ4v) is 3.70. The zero-order valence-corrected chi connectivity index (χ0v) is 15.6. The summed E-state index contributed by atoms with van der Waals surface area (Å²) in [6.45, 7) is 2.99. The molecule has 1 saturated heterocycles. The molecule has 1 aliphatic heterocycles. The molecule has 0 amide bonds. The average molecular weight is 363 g/mol. The van der Waals surface area contributed by atoms with Gasteiger partial charge in [0.1, 0.15) is 11.6 Å². The number of rotatable bonds is 5. The van der Waals surface area contributed by atoms with E-state index in [1.165, 1.54) is 19.3 Å². The molecule has 0 radical (unpaired) electrons. The van der Waals surface area contributed by atoms with Crippen molar-refractivity contribution >= 4 is 0 Å². The van der Waals surface area contributed by atoms with Gasteiger partial charge in [0.25, 0.3) is 0 Å². The molecule has 1 fully saturated rings. The molecule has 0 saturated carbocycles. The number of aromatic nitrogens is 4. The Balaban J connectivity index is 1.59. The van der Waals surface area contributed by atoms with Crippen molar-refractivity contribution in [3.8, 4) is 22.8 Å². The second kappa shape index (κ2) is 7.88. The molecule has 2 aromatic heterocycles. The van der Waals surface area contributed by atoms with Crippen molar-refractivity contribution < 1.29 is 5.11 Å². The summed E-state index contributed by atoms with van der Waals surface area (Å²) < 4.78 is 1.72. The van der Waals surface area contributed by atoms with Gasteiger partial charge < -0.3 is 10.4 Å². The predicted molar refractivity (Wildman–Crippen MR) is 105 cm³/mol. The molecule has 1 aromatic carbocycles. The SMILES string of the molecule is Cc1nc(-c2cc(O)cc(CC[C@H]3CCCCN3)c2)cc(-n2cccn2)n1. The first-order valence-corrected chi connectivity index (χ1v) is 9.60. The summed E-state index contributed by atoms with van der Waals surface area (Å²) in [4.78, 5) is 9.03. The van der Waals surface area contributed by atoms with Crippen LogP contribution in [0.1, 0.15) is 37.1 Å². The Hall–Kier alpha value is -2.73. The monoisotopic (exact) mass is 363 g/mol. The van der Waals surface area contributed by atoms with Crippen LogP contribution in [0, 0.1) is 6.92 Å². The van der Waals surface area contributed by atoms with Crippen LogP contribution in [0.3, 0.4) is 0 Å². The number of phenolic OH excluding ortho intramolecular Hbond substituents is 1. The first kappa shape index (κ1) is 17.7. The molecule has 3 heterocycles. The third-order valence-electron chi connectivity index (χ3n) is 5.03. The number of hydrogen-bond acceptors (Lipinski definition) is 5. The molecule has 0 spiro atoms. The van der Waals surface area contributed by atoms with Gasteiger partial charge in [-0.1, -0.05) is 6.42 Å². The van der Waals surface area contributed by atoms with E-state index in [0.717, 1.165) is 42.0 Å². The van der Waals surface area contributed by atoms with Crippen molar-refractivity contribution in [3.63, 3.8) is 0 Å². The number of nitrogens with one attached hydrogen (secondary N) is 1. The zero-order valence-electron chi connectivity index (χ0n) is 15.6. The first-order chi connectivity index (χ1) is 13.2. The van der Waals surface area contributed by atoms with E-state index in [2.05, 4.69) is 26.4 Å². The highest BCUT2D eigenvalue weighted by Crippen LogP contribution is 2.26. The number of hydrogen-bond donors (Lipinski definition) is 2. The Bertz CT molecular complexity index is 901. The fourth-order valence-electron chi connectivity index (χ4n) is 3.70. The topological polar surface area (TPSA) is 75.9 Å². The van der Waals surface area contributed by atoms with Crippen molar-refractivity contribution in [2.24, 2.45) is 0 Å². The van der Waals surface area contributed by atoms with Crippen LogP contribution in [0.5, 0.6) is 5.75 Å². The number of aromatic hydroxyl groups is 1. The van der Waals surface area contributed by atoms with E-state index < -0.39 is 0 Å². The molecule has 1 atom stereocenters. The van der Waals surface area contributed by atoms with E-state index in [-0.39, 0.29) is 5.75 Å². The van der Waals surface area contributed by atoms with E-state index in [0.29, 0.717) is 11.9 Å². The molecule has 27 heavy (non-hydrogen) atoms.